The Morgan fingerprint density at radius 1 is 1.17 bits per heavy atom. The first-order valence-electron chi connectivity index (χ1n) is 9.93. The van der Waals surface area contributed by atoms with Crippen LogP contribution in [-0.4, -0.2) is 28.9 Å². The second-order valence-corrected chi connectivity index (χ2v) is 7.20. The number of aromatic nitrogens is 1. The van der Waals surface area contributed by atoms with Crippen molar-refractivity contribution in [3.05, 3.63) is 89.5 Å². The Bertz CT molecular complexity index is 1160. The molecule has 0 saturated carbocycles. The maximum Gasteiger partial charge on any atom is 0.290 e. The number of benzene rings is 2. The lowest BCUT2D eigenvalue weighted by atomic mass is 9.92. The molecule has 0 radical (unpaired) electrons. The number of nitrogens with zero attached hydrogens (tertiary/aromatic N) is 1. The summed E-state index contributed by atoms with van der Waals surface area (Å²) in [6, 6.07) is 19.5. The molecule has 0 spiro atoms. The van der Waals surface area contributed by atoms with E-state index in [4.69, 9.17) is 9.15 Å². The smallest absolute Gasteiger partial charge is 0.290 e. The van der Waals surface area contributed by atoms with Crippen LogP contribution in [0.4, 0.5) is 0 Å². The fourth-order valence-electron chi connectivity index (χ4n) is 4.29. The molecule has 1 atom stereocenters. The molecule has 2 aromatic heterocycles. The van der Waals surface area contributed by atoms with Crippen molar-refractivity contribution in [3.8, 4) is 5.75 Å². The first-order valence-corrected chi connectivity index (χ1v) is 9.93. The van der Waals surface area contributed by atoms with Gasteiger partial charge in [-0.25, -0.2) is 0 Å². The zero-order chi connectivity index (χ0) is 19.8. The number of nitrogens with one attached hydrogen (secondary N) is 1. The van der Waals surface area contributed by atoms with Crippen molar-refractivity contribution < 1.29 is 13.9 Å². The molecule has 5 heteroatoms. The van der Waals surface area contributed by atoms with Gasteiger partial charge in [-0.3, -0.25) is 4.79 Å². The van der Waals surface area contributed by atoms with Gasteiger partial charge in [-0.1, -0.05) is 30.3 Å². The number of rotatable bonds is 4. The van der Waals surface area contributed by atoms with Crippen molar-refractivity contribution >= 4 is 16.8 Å². The lowest BCUT2D eigenvalue weighted by Crippen LogP contribution is -2.40. The molecule has 5 rings (SSSR count). The standard InChI is InChI=1S/C24H22N2O3/c1-2-28-17-8-5-7-16(15-17)23-22-19(18-9-3-4-10-20(18)25-22)12-13-26(23)24(27)21-11-6-14-29-21/h3-11,14-15,23,25H,2,12-13H2,1H3/t23-/m1/s1. The Balaban J connectivity index is 1.66. The summed E-state index contributed by atoms with van der Waals surface area (Å²) in [6.07, 6.45) is 2.34. The topological polar surface area (TPSA) is 58.5 Å². The Labute approximate surface area is 168 Å². The predicted octanol–water partition coefficient (Wildman–Crippen LogP) is 4.95. The molecule has 1 N–H and O–H groups in total. The van der Waals surface area contributed by atoms with Crippen LogP contribution in [0, 0.1) is 0 Å². The lowest BCUT2D eigenvalue weighted by molar-refractivity contribution is 0.0659. The number of ether oxygens (including phenoxy) is 1. The summed E-state index contributed by atoms with van der Waals surface area (Å²) in [5, 5.41) is 1.22. The van der Waals surface area contributed by atoms with Crippen LogP contribution in [0.2, 0.25) is 0 Å². The summed E-state index contributed by atoms with van der Waals surface area (Å²) >= 11 is 0. The molecular weight excluding hydrogens is 364 g/mol. The SMILES string of the molecule is CCOc1cccc([C@@H]2c3[nH]c4ccccc4c3CCN2C(=O)c2ccco2)c1. The average Bonchev–Trinajstić information content (AvgIpc) is 3.41. The number of H-pyrrole nitrogens is 1. The van der Waals surface area contributed by atoms with Gasteiger partial charge in [0.05, 0.1) is 18.9 Å². The number of hydrogen-bond acceptors (Lipinski definition) is 3. The Kier molecular flexibility index (Phi) is 4.35. The number of aromatic amines is 1. The fraction of sp³-hybridized carbons (Fsp3) is 0.208. The highest BCUT2D eigenvalue weighted by atomic mass is 16.5. The van der Waals surface area contributed by atoms with Crippen molar-refractivity contribution in [1.29, 1.82) is 0 Å². The Morgan fingerprint density at radius 2 is 2.07 bits per heavy atom. The molecule has 4 aromatic rings. The van der Waals surface area contributed by atoms with E-state index in [1.165, 1.54) is 17.2 Å². The van der Waals surface area contributed by atoms with Crippen LogP contribution in [0.5, 0.6) is 5.75 Å². The van der Waals surface area contributed by atoms with Gasteiger partial charge >= 0.3 is 0 Å². The van der Waals surface area contributed by atoms with E-state index < -0.39 is 0 Å². The zero-order valence-electron chi connectivity index (χ0n) is 16.2. The van der Waals surface area contributed by atoms with Crippen molar-refractivity contribution in [2.24, 2.45) is 0 Å². The first kappa shape index (κ1) is 17.6. The van der Waals surface area contributed by atoms with Gasteiger partial charge in [0.1, 0.15) is 5.75 Å². The van der Waals surface area contributed by atoms with Gasteiger partial charge in [-0.2, -0.15) is 0 Å². The number of fused-ring (bicyclic) bond motifs is 3. The number of carbonyl (C=O) groups is 1. The van der Waals surface area contributed by atoms with Crippen molar-refractivity contribution in [3.63, 3.8) is 0 Å². The van der Waals surface area contributed by atoms with E-state index in [2.05, 4.69) is 29.2 Å². The van der Waals surface area contributed by atoms with Crippen LogP contribution in [-0.2, 0) is 6.42 Å². The summed E-state index contributed by atoms with van der Waals surface area (Å²) in [5.74, 6) is 1.06. The second-order valence-electron chi connectivity index (χ2n) is 7.20. The van der Waals surface area contributed by atoms with E-state index in [9.17, 15) is 4.79 Å². The minimum atomic E-state index is -0.232. The minimum Gasteiger partial charge on any atom is -0.494 e. The largest absolute Gasteiger partial charge is 0.494 e. The van der Waals surface area contributed by atoms with E-state index in [1.807, 2.05) is 36.1 Å². The highest BCUT2D eigenvalue weighted by molar-refractivity contribution is 5.93. The average molecular weight is 386 g/mol. The summed E-state index contributed by atoms with van der Waals surface area (Å²) in [6.45, 7) is 3.19. The van der Waals surface area contributed by atoms with E-state index in [1.54, 1.807) is 12.1 Å². The fourth-order valence-corrected chi connectivity index (χ4v) is 4.29. The maximum atomic E-state index is 13.3. The molecule has 146 valence electrons. The molecule has 0 saturated heterocycles. The summed E-state index contributed by atoms with van der Waals surface area (Å²) in [5.41, 5.74) is 4.45. The van der Waals surface area contributed by atoms with E-state index in [0.29, 0.717) is 18.9 Å². The third-order valence-corrected chi connectivity index (χ3v) is 5.51. The minimum absolute atomic E-state index is 0.105. The third-order valence-electron chi connectivity index (χ3n) is 5.51. The van der Waals surface area contributed by atoms with Crippen LogP contribution in [0.25, 0.3) is 10.9 Å². The van der Waals surface area contributed by atoms with E-state index >= 15 is 0 Å². The third kappa shape index (κ3) is 2.99. The molecule has 0 unspecified atom stereocenters. The molecule has 0 bridgehead atoms. The summed E-state index contributed by atoms with van der Waals surface area (Å²) in [4.78, 5) is 18.7. The molecule has 0 aliphatic carbocycles. The van der Waals surface area contributed by atoms with Crippen molar-refractivity contribution in [2.45, 2.75) is 19.4 Å². The van der Waals surface area contributed by atoms with Gasteiger partial charge in [-0.15, -0.1) is 0 Å². The molecular formula is C24H22N2O3. The number of furan rings is 1. The molecule has 5 nitrogen and oxygen atoms in total. The number of hydrogen-bond donors (Lipinski definition) is 1. The highest BCUT2D eigenvalue weighted by Crippen LogP contribution is 2.39. The monoisotopic (exact) mass is 386 g/mol. The van der Waals surface area contributed by atoms with Crippen molar-refractivity contribution in [1.82, 2.24) is 9.88 Å². The predicted molar refractivity (Wildman–Crippen MR) is 111 cm³/mol. The second kappa shape index (κ2) is 7.17. The molecule has 1 aliphatic heterocycles. The van der Waals surface area contributed by atoms with Gasteiger partial charge < -0.3 is 19.0 Å². The normalized spacial score (nSPS) is 16.0. The Morgan fingerprint density at radius 3 is 2.90 bits per heavy atom. The van der Waals surface area contributed by atoms with Crippen LogP contribution in [0.1, 0.15) is 40.3 Å². The number of amides is 1. The van der Waals surface area contributed by atoms with E-state index in [-0.39, 0.29) is 11.9 Å². The Hall–Kier alpha value is -3.47. The molecule has 3 heterocycles. The van der Waals surface area contributed by atoms with Crippen LogP contribution in [0.15, 0.2) is 71.3 Å². The van der Waals surface area contributed by atoms with Crippen molar-refractivity contribution in [2.75, 3.05) is 13.2 Å². The molecule has 29 heavy (non-hydrogen) atoms. The van der Waals surface area contributed by atoms with Gasteiger partial charge in [0.15, 0.2) is 5.76 Å². The quantitative estimate of drug-likeness (QED) is 0.540. The van der Waals surface area contributed by atoms with Crippen LogP contribution >= 0.6 is 0 Å². The summed E-state index contributed by atoms with van der Waals surface area (Å²) < 4.78 is 11.1. The number of carbonyl (C=O) groups excluding carboxylic acids is 1. The first-order chi connectivity index (χ1) is 14.3. The van der Waals surface area contributed by atoms with Crippen LogP contribution in [0.3, 0.4) is 0 Å². The highest BCUT2D eigenvalue weighted by Gasteiger charge is 2.35. The summed E-state index contributed by atoms with van der Waals surface area (Å²) in [7, 11) is 0. The number of para-hydroxylation sites is 1. The zero-order valence-corrected chi connectivity index (χ0v) is 16.2. The van der Waals surface area contributed by atoms with Gasteiger partial charge in [0.25, 0.3) is 5.91 Å². The van der Waals surface area contributed by atoms with Gasteiger partial charge in [0.2, 0.25) is 0 Å². The maximum absolute atomic E-state index is 13.3. The van der Waals surface area contributed by atoms with Gasteiger partial charge in [-0.05, 0) is 54.8 Å². The molecule has 0 fully saturated rings. The lowest BCUT2D eigenvalue weighted by Gasteiger charge is -2.35. The molecule has 1 amide bonds. The molecule has 2 aromatic carbocycles. The van der Waals surface area contributed by atoms with Crippen LogP contribution < -0.4 is 4.74 Å². The molecule has 1 aliphatic rings. The van der Waals surface area contributed by atoms with E-state index in [0.717, 1.165) is 28.9 Å². The van der Waals surface area contributed by atoms with Gasteiger partial charge in [0, 0.05) is 23.1 Å².